The first-order chi connectivity index (χ1) is 12.8. The molecule has 4 heterocycles. The third-order valence-corrected chi connectivity index (χ3v) is 4.15. The second-order valence-corrected chi connectivity index (χ2v) is 6.09. The molecule has 0 spiro atoms. The summed E-state index contributed by atoms with van der Waals surface area (Å²) in [5, 5.41) is 3.25. The highest BCUT2D eigenvalue weighted by molar-refractivity contribution is 5.51. The lowest BCUT2D eigenvalue weighted by Gasteiger charge is -2.32. The molecular formula is C19H20N6O. The molecule has 3 aromatic rings. The predicted molar refractivity (Wildman–Crippen MR) is 99.4 cm³/mol. The second kappa shape index (κ2) is 7.45. The first-order valence-corrected chi connectivity index (χ1v) is 8.59. The zero-order valence-corrected chi connectivity index (χ0v) is 14.5. The summed E-state index contributed by atoms with van der Waals surface area (Å²) in [5.41, 5.74) is 1.84. The Bertz CT molecular complexity index is 873. The van der Waals surface area contributed by atoms with Crippen molar-refractivity contribution in [3.05, 3.63) is 66.2 Å². The summed E-state index contributed by atoms with van der Waals surface area (Å²) in [6.45, 7) is 4.02. The molecule has 132 valence electrons. The minimum absolute atomic E-state index is 0.125. The van der Waals surface area contributed by atoms with Crippen LogP contribution in [-0.2, 0) is 4.74 Å². The van der Waals surface area contributed by atoms with Crippen LogP contribution >= 0.6 is 0 Å². The van der Waals surface area contributed by atoms with Crippen LogP contribution in [0.4, 0.5) is 17.6 Å². The summed E-state index contributed by atoms with van der Waals surface area (Å²) in [6, 6.07) is 13.6. The van der Waals surface area contributed by atoms with E-state index in [0.29, 0.717) is 13.2 Å². The zero-order valence-electron chi connectivity index (χ0n) is 14.5. The van der Waals surface area contributed by atoms with Gasteiger partial charge in [0.05, 0.1) is 18.8 Å². The molecule has 1 aliphatic heterocycles. The van der Waals surface area contributed by atoms with E-state index in [4.69, 9.17) is 9.72 Å². The molecule has 3 aromatic heterocycles. The van der Waals surface area contributed by atoms with E-state index < -0.39 is 0 Å². The second-order valence-electron chi connectivity index (χ2n) is 6.09. The molecule has 1 N–H and O–H groups in total. The fourth-order valence-corrected chi connectivity index (χ4v) is 2.91. The van der Waals surface area contributed by atoms with Gasteiger partial charge in [-0.15, -0.1) is 0 Å². The number of rotatable bonds is 4. The molecule has 0 saturated carbocycles. The van der Waals surface area contributed by atoms with Gasteiger partial charge in [0.2, 0.25) is 5.95 Å². The molecule has 1 atom stereocenters. The van der Waals surface area contributed by atoms with Gasteiger partial charge in [0.25, 0.3) is 0 Å². The topological polar surface area (TPSA) is 76.1 Å². The maximum Gasteiger partial charge on any atom is 0.225 e. The third-order valence-electron chi connectivity index (χ3n) is 4.15. The van der Waals surface area contributed by atoms with Crippen molar-refractivity contribution < 1.29 is 4.74 Å². The van der Waals surface area contributed by atoms with E-state index in [0.717, 1.165) is 35.5 Å². The fourth-order valence-electron chi connectivity index (χ4n) is 2.91. The monoisotopic (exact) mass is 348 g/mol. The van der Waals surface area contributed by atoms with Crippen molar-refractivity contribution in [3.8, 4) is 0 Å². The number of aryl methyl sites for hydroxylation is 1. The maximum atomic E-state index is 5.94. The van der Waals surface area contributed by atoms with Crippen molar-refractivity contribution in [2.75, 3.05) is 29.9 Å². The molecular weight excluding hydrogens is 328 g/mol. The van der Waals surface area contributed by atoms with Gasteiger partial charge in [0.1, 0.15) is 17.7 Å². The zero-order chi connectivity index (χ0) is 17.8. The molecule has 26 heavy (non-hydrogen) atoms. The molecule has 0 radical (unpaired) electrons. The number of hydrogen-bond donors (Lipinski definition) is 1. The Balaban J connectivity index is 1.50. The van der Waals surface area contributed by atoms with Gasteiger partial charge in [0.15, 0.2) is 0 Å². The molecule has 7 heteroatoms. The van der Waals surface area contributed by atoms with Crippen LogP contribution in [0.15, 0.2) is 54.9 Å². The number of ether oxygens (including phenoxy) is 1. The van der Waals surface area contributed by atoms with E-state index in [1.54, 1.807) is 12.4 Å². The number of morpholine rings is 1. The Morgan fingerprint density at radius 1 is 1.00 bits per heavy atom. The van der Waals surface area contributed by atoms with Gasteiger partial charge < -0.3 is 15.0 Å². The van der Waals surface area contributed by atoms with Crippen LogP contribution in [-0.4, -0.2) is 39.6 Å². The van der Waals surface area contributed by atoms with Gasteiger partial charge in [-0.2, -0.15) is 0 Å². The van der Waals surface area contributed by atoms with Crippen molar-refractivity contribution in [3.63, 3.8) is 0 Å². The van der Waals surface area contributed by atoms with Gasteiger partial charge in [-0.3, -0.25) is 0 Å². The predicted octanol–water partition coefficient (Wildman–Crippen LogP) is 2.90. The minimum Gasteiger partial charge on any atom is -0.368 e. The molecule has 1 saturated heterocycles. The van der Waals surface area contributed by atoms with Crippen LogP contribution < -0.4 is 10.2 Å². The van der Waals surface area contributed by atoms with E-state index >= 15 is 0 Å². The van der Waals surface area contributed by atoms with Crippen molar-refractivity contribution >= 4 is 17.6 Å². The number of nitrogens with zero attached hydrogens (tertiary/aromatic N) is 5. The van der Waals surface area contributed by atoms with Crippen LogP contribution in [0.25, 0.3) is 0 Å². The van der Waals surface area contributed by atoms with Crippen molar-refractivity contribution in [2.45, 2.75) is 13.0 Å². The van der Waals surface area contributed by atoms with Gasteiger partial charge in [0, 0.05) is 24.6 Å². The van der Waals surface area contributed by atoms with E-state index in [1.807, 2.05) is 49.4 Å². The Morgan fingerprint density at radius 2 is 1.77 bits per heavy atom. The van der Waals surface area contributed by atoms with Crippen LogP contribution in [0.3, 0.4) is 0 Å². The van der Waals surface area contributed by atoms with Gasteiger partial charge in [-0.25, -0.2) is 19.9 Å². The molecule has 0 bridgehead atoms. The lowest BCUT2D eigenvalue weighted by atomic mass is 10.2. The van der Waals surface area contributed by atoms with Crippen molar-refractivity contribution in [1.82, 2.24) is 19.9 Å². The van der Waals surface area contributed by atoms with E-state index in [1.165, 1.54) is 0 Å². The Morgan fingerprint density at radius 3 is 2.58 bits per heavy atom. The van der Waals surface area contributed by atoms with Crippen LogP contribution in [0.2, 0.25) is 0 Å². The van der Waals surface area contributed by atoms with Gasteiger partial charge in [-0.05, 0) is 37.3 Å². The first kappa shape index (κ1) is 16.4. The number of aromatic nitrogens is 4. The maximum absolute atomic E-state index is 5.94. The molecule has 0 unspecified atom stereocenters. The fraction of sp³-hybridized carbons (Fsp3) is 0.263. The van der Waals surface area contributed by atoms with Gasteiger partial charge in [-0.1, -0.05) is 12.1 Å². The average Bonchev–Trinajstić information content (AvgIpc) is 2.69. The smallest absolute Gasteiger partial charge is 0.225 e. The van der Waals surface area contributed by atoms with Crippen LogP contribution in [0, 0.1) is 6.92 Å². The molecule has 7 nitrogen and oxygen atoms in total. The molecule has 0 aliphatic carbocycles. The Hall–Kier alpha value is -3.06. The molecule has 4 rings (SSSR count). The largest absolute Gasteiger partial charge is 0.368 e. The molecule has 0 amide bonds. The van der Waals surface area contributed by atoms with Crippen LogP contribution in [0.1, 0.15) is 17.5 Å². The van der Waals surface area contributed by atoms with E-state index in [9.17, 15) is 0 Å². The minimum atomic E-state index is -0.125. The lowest BCUT2D eigenvalue weighted by Crippen LogP contribution is -2.39. The molecule has 1 aliphatic rings. The van der Waals surface area contributed by atoms with Crippen molar-refractivity contribution in [2.24, 2.45) is 0 Å². The highest BCUT2D eigenvalue weighted by Crippen LogP contribution is 2.24. The summed E-state index contributed by atoms with van der Waals surface area (Å²) in [5.74, 6) is 2.25. The van der Waals surface area contributed by atoms with Crippen molar-refractivity contribution in [1.29, 1.82) is 0 Å². The number of pyridine rings is 2. The Labute approximate surface area is 152 Å². The SMILES string of the molecule is Cc1cccc(Nc2cccc([C@H]3CN(c4ncccn4)CCO3)n2)n1. The highest BCUT2D eigenvalue weighted by Gasteiger charge is 2.24. The standard InChI is InChI=1S/C19H20N6O/c1-14-5-2-7-17(22-14)24-18-8-3-6-15(23-18)16-13-25(11-12-26-16)19-20-9-4-10-21-19/h2-10,16H,11-13H2,1H3,(H,22,23,24)/t16-/m1/s1. The third kappa shape index (κ3) is 3.78. The quantitative estimate of drug-likeness (QED) is 0.777. The summed E-state index contributed by atoms with van der Waals surface area (Å²) in [6.07, 6.45) is 3.38. The van der Waals surface area contributed by atoms with Crippen LogP contribution in [0.5, 0.6) is 0 Å². The summed E-state index contributed by atoms with van der Waals surface area (Å²) in [4.78, 5) is 19.9. The summed E-state index contributed by atoms with van der Waals surface area (Å²) >= 11 is 0. The number of hydrogen-bond acceptors (Lipinski definition) is 7. The van der Waals surface area contributed by atoms with Gasteiger partial charge >= 0.3 is 0 Å². The normalized spacial score (nSPS) is 17.1. The average molecular weight is 348 g/mol. The molecule has 0 aromatic carbocycles. The molecule has 1 fully saturated rings. The summed E-state index contributed by atoms with van der Waals surface area (Å²) in [7, 11) is 0. The Kier molecular flexibility index (Phi) is 4.70. The number of anilines is 3. The first-order valence-electron chi connectivity index (χ1n) is 8.59. The summed E-state index contributed by atoms with van der Waals surface area (Å²) < 4.78 is 5.94. The number of nitrogens with one attached hydrogen (secondary N) is 1. The highest BCUT2D eigenvalue weighted by atomic mass is 16.5. The van der Waals surface area contributed by atoms with E-state index in [-0.39, 0.29) is 6.10 Å². The van der Waals surface area contributed by atoms with E-state index in [2.05, 4.69) is 25.2 Å². The lowest BCUT2D eigenvalue weighted by molar-refractivity contribution is 0.0365.